The number of benzene rings is 2. The minimum atomic E-state index is -0.172. The number of piperazine rings is 1. The topological polar surface area (TPSA) is 74.3 Å². The number of carbonyl (C=O) groups excluding carboxylic acids is 1. The van der Waals surface area contributed by atoms with Gasteiger partial charge in [0, 0.05) is 38.9 Å². The SMILES string of the molecule is COc1ccccc1N1CCN(CC#CCNC(=O)/C=C/c2ccc(OCCCCO)cc2)CC1. The molecule has 1 heterocycles. The Morgan fingerprint density at radius 3 is 2.57 bits per heavy atom. The Kier molecular flexibility index (Phi) is 11.0. The molecule has 0 radical (unpaired) electrons. The fourth-order valence-electron chi connectivity index (χ4n) is 3.71. The third-order valence-electron chi connectivity index (χ3n) is 5.71. The largest absolute Gasteiger partial charge is 0.495 e. The molecule has 186 valence electrons. The lowest BCUT2D eigenvalue weighted by Crippen LogP contribution is -2.46. The zero-order valence-corrected chi connectivity index (χ0v) is 20.4. The number of hydrogen-bond acceptors (Lipinski definition) is 6. The van der Waals surface area contributed by atoms with Crippen molar-refractivity contribution in [2.45, 2.75) is 12.8 Å². The summed E-state index contributed by atoms with van der Waals surface area (Å²) in [7, 11) is 1.70. The highest BCUT2D eigenvalue weighted by atomic mass is 16.5. The van der Waals surface area contributed by atoms with Crippen LogP contribution in [0, 0.1) is 11.8 Å². The molecule has 3 rings (SSSR count). The quantitative estimate of drug-likeness (QED) is 0.295. The molecule has 1 amide bonds. The molecule has 2 aromatic carbocycles. The van der Waals surface area contributed by atoms with Crippen LogP contribution in [0.3, 0.4) is 0 Å². The molecule has 2 N–H and O–H groups in total. The van der Waals surface area contributed by atoms with E-state index in [0.717, 1.165) is 61.8 Å². The summed E-state index contributed by atoms with van der Waals surface area (Å²) in [6, 6.07) is 15.7. The van der Waals surface area contributed by atoms with Gasteiger partial charge in [0.25, 0.3) is 0 Å². The Balaban J connectivity index is 1.32. The standard InChI is InChI=1S/C28H35N3O4/c1-34-27-9-3-2-8-26(27)31-20-18-30(19-21-31)17-5-4-16-29-28(33)15-12-24-10-13-25(14-11-24)35-23-7-6-22-32/h2-3,8-15,32H,6-7,16-23H2,1H3,(H,29,33)/b15-12+. The number of carbonyl (C=O) groups is 1. The summed E-state index contributed by atoms with van der Waals surface area (Å²) in [5.41, 5.74) is 2.05. The van der Waals surface area contributed by atoms with E-state index in [0.29, 0.717) is 19.7 Å². The van der Waals surface area contributed by atoms with Gasteiger partial charge in [0.2, 0.25) is 5.91 Å². The van der Waals surface area contributed by atoms with Gasteiger partial charge in [-0.25, -0.2) is 0 Å². The number of unbranched alkanes of at least 4 members (excludes halogenated alkanes) is 1. The number of aliphatic hydroxyl groups excluding tert-OH is 1. The number of ether oxygens (including phenoxy) is 2. The minimum Gasteiger partial charge on any atom is -0.495 e. The van der Waals surface area contributed by atoms with Gasteiger partial charge in [0.05, 0.1) is 32.5 Å². The van der Waals surface area contributed by atoms with Gasteiger partial charge in [-0.3, -0.25) is 9.69 Å². The van der Waals surface area contributed by atoms with Gasteiger partial charge < -0.3 is 24.8 Å². The first-order valence-electron chi connectivity index (χ1n) is 12.1. The molecule has 1 aliphatic rings. The number of anilines is 1. The summed E-state index contributed by atoms with van der Waals surface area (Å²) in [5.74, 6) is 7.71. The second kappa shape index (κ2) is 14.7. The predicted molar refractivity (Wildman–Crippen MR) is 140 cm³/mol. The number of amides is 1. The van der Waals surface area contributed by atoms with E-state index >= 15 is 0 Å². The van der Waals surface area contributed by atoms with E-state index in [4.69, 9.17) is 14.6 Å². The molecule has 0 saturated carbocycles. The second-order valence-electron chi connectivity index (χ2n) is 8.19. The van der Waals surface area contributed by atoms with Crippen molar-refractivity contribution in [3.63, 3.8) is 0 Å². The summed E-state index contributed by atoms with van der Waals surface area (Å²) >= 11 is 0. The van der Waals surface area contributed by atoms with Gasteiger partial charge >= 0.3 is 0 Å². The summed E-state index contributed by atoms with van der Waals surface area (Å²) in [6.45, 7) is 5.52. The Hall–Kier alpha value is -3.47. The molecule has 7 heteroatoms. The lowest BCUT2D eigenvalue weighted by molar-refractivity contribution is -0.116. The van der Waals surface area contributed by atoms with Crippen LogP contribution in [0.2, 0.25) is 0 Å². The smallest absolute Gasteiger partial charge is 0.244 e. The highest BCUT2D eigenvalue weighted by Crippen LogP contribution is 2.28. The van der Waals surface area contributed by atoms with Crippen molar-refractivity contribution in [1.82, 2.24) is 10.2 Å². The molecule has 0 bridgehead atoms. The number of nitrogens with one attached hydrogen (secondary N) is 1. The van der Waals surface area contributed by atoms with Crippen molar-refractivity contribution in [3.8, 4) is 23.3 Å². The average molecular weight is 478 g/mol. The Bertz CT molecular complexity index is 1000. The van der Waals surface area contributed by atoms with Gasteiger partial charge in [-0.1, -0.05) is 36.1 Å². The number of para-hydroxylation sites is 2. The third kappa shape index (κ3) is 9.01. The number of rotatable bonds is 11. The second-order valence-corrected chi connectivity index (χ2v) is 8.19. The normalized spacial score (nSPS) is 13.8. The molecule has 7 nitrogen and oxygen atoms in total. The molecule has 35 heavy (non-hydrogen) atoms. The van der Waals surface area contributed by atoms with Crippen LogP contribution in [-0.2, 0) is 4.79 Å². The van der Waals surface area contributed by atoms with Crippen molar-refractivity contribution in [2.24, 2.45) is 0 Å². The molecule has 0 aliphatic carbocycles. The van der Waals surface area contributed by atoms with E-state index in [1.807, 2.05) is 42.5 Å². The molecular formula is C28H35N3O4. The zero-order valence-electron chi connectivity index (χ0n) is 20.4. The van der Waals surface area contributed by atoms with Crippen LogP contribution < -0.4 is 19.7 Å². The molecule has 1 aliphatic heterocycles. The Labute approximate surface area is 208 Å². The molecule has 2 aromatic rings. The molecule has 0 atom stereocenters. The van der Waals surface area contributed by atoms with E-state index in [-0.39, 0.29) is 12.5 Å². The predicted octanol–water partition coefficient (Wildman–Crippen LogP) is 2.80. The minimum absolute atomic E-state index is 0.172. The lowest BCUT2D eigenvalue weighted by atomic mass is 10.2. The number of methoxy groups -OCH3 is 1. The van der Waals surface area contributed by atoms with Gasteiger partial charge in [0.15, 0.2) is 0 Å². The monoisotopic (exact) mass is 477 g/mol. The first-order chi connectivity index (χ1) is 17.2. The van der Waals surface area contributed by atoms with E-state index in [1.54, 1.807) is 13.2 Å². The highest BCUT2D eigenvalue weighted by Gasteiger charge is 2.18. The van der Waals surface area contributed by atoms with Crippen molar-refractivity contribution in [1.29, 1.82) is 0 Å². The average Bonchev–Trinajstić information content (AvgIpc) is 2.91. The van der Waals surface area contributed by atoms with Crippen LogP contribution in [0.4, 0.5) is 5.69 Å². The molecule has 0 unspecified atom stereocenters. The summed E-state index contributed by atoms with van der Waals surface area (Å²) in [4.78, 5) is 16.7. The van der Waals surface area contributed by atoms with Crippen LogP contribution in [-0.4, -0.2) is 75.5 Å². The Morgan fingerprint density at radius 1 is 1.06 bits per heavy atom. The van der Waals surface area contributed by atoms with E-state index in [1.165, 1.54) is 6.08 Å². The lowest BCUT2D eigenvalue weighted by Gasteiger charge is -2.35. The maximum Gasteiger partial charge on any atom is 0.244 e. The van der Waals surface area contributed by atoms with Gasteiger partial charge in [-0.15, -0.1) is 0 Å². The van der Waals surface area contributed by atoms with Gasteiger partial charge in [-0.2, -0.15) is 0 Å². The van der Waals surface area contributed by atoms with Crippen molar-refractivity contribution >= 4 is 17.7 Å². The van der Waals surface area contributed by atoms with Crippen molar-refractivity contribution in [2.75, 3.05) is 64.5 Å². The fraction of sp³-hybridized carbons (Fsp3) is 0.393. The molecule has 0 aromatic heterocycles. The summed E-state index contributed by atoms with van der Waals surface area (Å²) in [5, 5.41) is 11.6. The van der Waals surface area contributed by atoms with E-state index in [9.17, 15) is 4.79 Å². The number of nitrogens with zero attached hydrogens (tertiary/aromatic N) is 2. The summed E-state index contributed by atoms with van der Waals surface area (Å²) < 4.78 is 11.1. The van der Waals surface area contributed by atoms with E-state index < -0.39 is 0 Å². The van der Waals surface area contributed by atoms with E-state index in [2.05, 4.69) is 33.0 Å². The first kappa shape index (κ1) is 26.1. The van der Waals surface area contributed by atoms with Crippen LogP contribution in [0.5, 0.6) is 11.5 Å². The number of aliphatic hydroxyl groups is 1. The molecule has 1 saturated heterocycles. The zero-order chi connectivity index (χ0) is 24.7. The molecular weight excluding hydrogens is 442 g/mol. The first-order valence-corrected chi connectivity index (χ1v) is 12.1. The number of hydrogen-bond donors (Lipinski definition) is 2. The van der Waals surface area contributed by atoms with Crippen molar-refractivity contribution in [3.05, 3.63) is 60.2 Å². The third-order valence-corrected chi connectivity index (χ3v) is 5.71. The maximum atomic E-state index is 12.0. The summed E-state index contributed by atoms with van der Waals surface area (Å²) in [6.07, 6.45) is 4.83. The van der Waals surface area contributed by atoms with Crippen LogP contribution >= 0.6 is 0 Å². The van der Waals surface area contributed by atoms with Gasteiger partial charge in [0.1, 0.15) is 11.5 Å². The van der Waals surface area contributed by atoms with Crippen LogP contribution in [0.25, 0.3) is 6.08 Å². The highest BCUT2D eigenvalue weighted by molar-refractivity contribution is 5.91. The molecule has 0 spiro atoms. The van der Waals surface area contributed by atoms with Gasteiger partial charge in [-0.05, 0) is 48.7 Å². The fourth-order valence-corrected chi connectivity index (χ4v) is 3.71. The van der Waals surface area contributed by atoms with Crippen LogP contribution in [0.1, 0.15) is 18.4 Å². The maximum absolute atomic E-state index is 12.0. The Morgan fingerprint density at radius 2 is 1.83 bits per heavy atom. The van der Waals surface area contributed by atoms with Crippen molar-refractivity contribution < 1.29 is 19.4 Å². The van der Waals surface area contributed by atoms with Crippen LogP contribution in [0.15, 0.2) is 54.6 Å². The molecule has 1 fully saturated rings.